The molecule has 2 rings (SSSR count). The largest absolute Gasteiger partial charge is 0.386 e. The lowest BCUT2D eigenvalue weighted by molar-refractivity contribution is -0.117. The fourth-order valence-corrected chi connectivity index (χ4v) is 2.19. The van der Waals surface area contributed by atoms with Gasteiger partial charge in [-0.3, -0.25) is 4.79 Å². The van der Waals surface area contributed by atoms with Crippen molar-refractivity contribution in [2.75, 3.05) is 30.5 Å². The van der Waals surface area contributed by atoms with Crippen LogP contribution in [-0.2, 0) is 9.53 Å². The summed E-state index contributed by atoms with van der Waals surface area (Å²) in [5.74, 6) is -0.467. The number of amides is 1. The predicted molar refractivity (Wildman–Crippen MR) is 72.7 cm³/mol. The normalized spacial score (nSPS) is 22.5. The number of hydrogen-bond donors (Lipinski definition) is 1. The van der Waals surface area contributed by atoms with Crippen molar-refractivity contribution >= 4 is 34.8 Å². The van der Waals surface area contributed by atoms with Crippen LogP contribution < -0.4 is 4.90 Å². The Hall–Kier alpha value is -0.880. The number of carbonyl (C=O) groups excluding carboxylic acids is 1. The molecule has 2 heterocycles. The summed E-state index contributed by atoms with van der Waals surface area (Å²) in [4.78, 5) is 17.2. The van der Waals surface area contributed by atoms with E-state index in [1.165, 1.54) is 11.1 Å². The van der Waals surface area contributed by atoms with Gasteiger partial charge in [0.05, 0.1) is 25.0 Å². The van der Waals surface area contributed by atoms with Crippen LogP contribution in [0.15, 0.2) is 18.3 Å². The van der Waals surface area contributed by atoms with E-state index in [1.54, 1.807) is 12.1 Å². The van der Waals surface area contributed by atoms with Crippen LogP contribution in [0, 0.1) is 0 Å². The zero-order valence-electron chi connectivity index (χ0n) is 10.2. The van der Waals surface area contributed by atoms with Gasteiger partial charge in [-0.25, -0.2) is 4.98 Å². The van der Waals surface area contributed by atoms with Crippen LogP contribution in [0.5, 0.6) is 0 Å². The molecule has 1 fully saturated rings. The lowest BCUT2D eigenvalue weighted by Gasteiger charge is -2.29. The minimum absolute atomic E-state index is 0.127. The number of halogens is 2. The smallest absolute Gasteiger partial charge is 0.242 e. The van der Waals surface area contributed by atoms with Crippen molar-refractivity contribution in [3.63, 3.8) is 0 Å². The molecule has 1 aromatic heterocycles. The Bertz CT molecular complexity index is 447. The first-order valence-electron chi connectivity index (χ1n) is 5.82. The summed E-state index contributed by atoms with van der Waals surface area (Å²) in [5, 5.41) is 10.7. The summed E-state index contributed by atoms with van der Waals surface area (Å²) in [6, 6.07) is 3.25. The Labute approximate surface area is 121 Å². The summed E-state index contributed by atoms with van der Waals surface area (Å²) in [6.07, 6.45) is 1.96. The molecule has 0 aliphatic carbocycles. The van der Waals surface area contributed by atoms with Gasteiger partial charge in [0.2, 0.25) is 5.91 Å². The van der Waals surface area contributed by atoms with Crippen molar-refractivity contribution in [1.29, 1.82) is 0 Å². The van der Waals surface area contributed by atoms with Gasteiger partial charge in [-0.1, -0.05) is 11.6 Å². The first-order valence-corrected chi connectivity index (χ1v) is 6.73. The van der Waals surface area contributed by atoms with Crippen LogP contribution in [0.4, 0.5) is 5.69 Å². The summed E-state index contributed by atoms with van der Waals surface area (Å²) in [6.45, 7) is 0.820. The number of carbonyl (C=O) groups is 1. The van der Waals surface area contributed by atoms with Gasteiger partial charge in [-0.2, -0.15) is 0 Å². The second kappa shape index (κ2) is 6.05. The molecule has 1 saturated heterocycles. The molecule has 19 heavy (non-hydrogen) atoms. The highest BCUT2D eigenvalue weighted by molar-refractivity contribution is 6.30. The van der Waals surface area contributed by atoms with Crippen molar-refractivity contribution in [2.24, 2.45) is 0 Å². The Kier molecular flexibility index (Phi) is 4.62. The third-order valence-corrected chi connectivity index (χ3v) is 3.43. The molecular formula is C12H14Cl2N2O3. The van der Waals surface area contributed by atoms with Crippen molar-refractivity contribution in [3.05, 3.63) is 23.5 Å². The van der Waals surface area contributed by atoms with Gasteiger partial charge >= 0.3 is 0 Å². The Morgan fingerprint density at radius 2 is 2.37 bits per heavy atom. The molecule has 1 N–H and O–H groups in total. The number of alkyl halides is 1. The first kappa shape index (κ1) is 14.5. The van der Waals surface area contributed by atoms with Gasteiger partial charge in [0.1, 0.15) is 16.6 Å². The number of aliphatic hydroxyl groups is 1. The van der Waals surface area contributed by atoms with E-state index in [-0.39, 0.29) is 24.9 Å². The molecule has 0 aromatic carbocycles. The maximum absolute atomic E-state index is 11.9. The van der Waals surface area contributed by atoms with E-state index in [1.807, 2.05) is 0 Å². The molecule has 1 aromatic rings. The van der Waals surface area contributed by atoms with E-state index in [4.69, 9.17) is 27.9 Å². The van der Waals surface area contributed by atoms with Crippen LogP contribution >= 0.6 is 23.2 Å². The van der Waals surface area contributed by atoms with Crippen molar-refractivity contribution in [2.45, 2.75) is 12.0 Å². The highest BCUT2D eigenvalue weighted by atomic mass is 35.5. The standard InChI is InChI=1S/C12H14Cl2N2O3/c13-5-11(17)16(7-12(18)3-4-19-8-12)9-1-2-10(14)15-6-9/h1-2,6,18H,3-5,7-8H2. The minimum atomic E-state index is -1.04. The van der Waals surface area contributed by atoms with Crippen molar-refractivity contribution in [1.82, 2.24) is 4.98 Å². The van der Waals surface area contributed by atoms with Gasteiger partial charge in [0.25, 0.3) is 0 Å². The number of hydrogen-bond acceptors (Lipinski definition) is 4. The number of pyridine rings is 1. The molecule has 7 heteroatoms. The van der Waals surface area contributed by atoms with Gasteiger partial charge in [-0.15, -0.1) is 11.6 Å². The van der Waals surface area contributed by atoms with Crippen LogP contribution in [0.1, 0.15) is 6.42 Å². The van der Waals surface area contributed by atoms with E-state index in [9.17, 15) is 9.90 Å². The Morgan fingerprint density at radius 3 is 2.89 bits per heavy atom. The molecule has 0 radical (unpaired) electrons. The highest BCUT2D eigenvalue weighted by Gasteiger charge is 2.36. The maximum atomic E-state index is 11.9. The molecule has 1 unspecified atom stereocenters. The Morgan fingerprint density at radius 1 is 1.58 bits per heavy atom. The monoisotopic (exact) mass is 304 g/mol. The van der Waals surface area contributed by atoms with E-state index in [0.717, 1.165) is 0 Å². The van der Waals surface area contributed by atoms with E-state index < -0.39 is 5.60 Å². The molecule has 0 spiro atoms. The lowest BCUT2D eigenvalue weighted by Crippen LogP contribution is -2.47. The molecule has 104 valence electrons. The lowest BCUT2D eigenvalue weighted by atomic mass is 10.0. The number of anilines is 1. The van der Waals surface area contributed by atoms with Crippen molar-refractivity contribution in [3.8, 4) is 0 Å². The zero-order chi connectivity index (χ0) is 13.9. The fraction of sp³-hybridized carbons (Fsp3) is 0.500. The molecule has 0 bridgehead atoms. The van der Waals surface area contributed by atoms with E-state index in [0.29, 0.717) is 23.9 Å². The third-order valence-electron chi connectivity index (χ3n) is 2.97. The molecule has 1 aliphatic rings. The Balaban J connectivity index is 2.20. The zero-order valence-corrected chi connectivity index (χ0v) is 11.7. The van der Waals surface area contributed by atoms with Gasteiger partial charge < -0.3 is 14.7 Å². The summed E-state index contributed by atoms with van der Waals surface area (Å²) in [5.41, 5.74) is -0.489. The topological polar surface area (TPSA) is 62.7 Å². The molecular weight excluding hydrogens is 291 g/mol. The third kappa shape index (κ3) is 3.57. The quantitative estimate of drug-likeness (QED) is 0.676. The number of ether oxygens (including phenoxy) is 1. The second-order valence-corrected chi connectivity index (χ2v) is 5.13. The molecule has 1 amide bonds. The van der Waals surface area contributed by atoms with Gasteiger partial charge in [0, 0.05) is 13.0 Å². The van der Waals surface area contributed by atoms with Crippen LogP contribution in [-0.4, -0.2) is 47.2 Å². The number of nitrogens with zero attached hydrogens (tertiary/aromatic N) is 2. The second-order valence-electron chi connectivity index (χ2n) is 4.48. The summed E-state index contributed by atoms with van der Waals surface area (Å²) in [7, 11) is 0. The van der Waals surface area contributed by atoms with E-state index in [2.05, 4.69) is 4.98 Å². The van der Waals surface area contributed by atoms with Crippen LogP contribution in [0.25, 0.3) is 0 Å². The van der Waals surface area contributed by atoms with E-state index >= 15 is 0 Å². The maximum Gasteiger partial charge on any atom is 0.242 e. The SMILES string of the molecule is O=C(CCl)N(CC1(O)CCOC1)c1ccc(Cl)nc1. The number of rotatable bonds is 4. The minimum Gasteiger partial charge on any atom is -0.386 e. The molecule has 1 atom stereocenters. The molecule has 5 nitrogen and oxygen atoms in total. The molecule has 0 saturated carbocycles. The fourth-order valence-electron chi connectivity index (χ4n) is 1.94. The first-order chi connectivity index (χ1) is 9.04. The van der Waals surface area contributed by atoms with Gasteiger partial charge in [0.15, 0.2) is 0 Å². The summed E-state index contributed by atoms with van der Waals surface area (Å²) < 4.78 is 5.17. The highest BCUT2D eigenvalue weighted by Crippen LogP contribution is 2.24. The van der Waals surface area contributed by atoms with Crippen molar-refractivity contribution < 1.29 is 14.6 Å². The number of aromatic nitrogens is 1. The van der Waals surface area contributed by atoms with Gasteiger partial charge in [-0.05, 0) is 12.1 Å². The average Bonchev–Trinajstić information content (AvgIpc) is 2.83. The van der Waals surface area contributed by atoms with Crippen LogP contribution in [0.3, 0.4) is 0 Å². The molecule has 1 aliphatic heterocycles. The average molecular weight is 305 g/mol. The van der Waals surface area contributed by atoms with Crippen LogP contribution in [0.2, 0.25) is 5.15 Å². The summed E-state index contributed by atoms with van der Waals surface area (Å²) >= 11 is 11.3. The predicted octanol–water partition coefficient (Wildman–Crippen LogP) is 1.46.